The van der Waals surface area contributed by atoms with Crippen molar-refractivity contribution in [3.8, 4) is 0 Å². The third kappa shape index (κ3) is 5.85. The van der Waals surface area contributed by atoms with Gasteiger partial charge >= 0.3 is 0 Å². The van der Waals surface area contributed by atoms with E-state index in [1.54, 1.807) is 0 Å². The van der Waals surface area contributed by atoms with E-state index in [0.717, 1.165) is 25.1 Å². The molecule has 156 valence electrons. The Kier molecular flexibility index (Phi) is 8.45. The number of hydrogen-bond acceptors (Lipinski definition) is 2. The molecule has 5 heteroatoms. The lowest BCUT2D eigenvalue weighted by atomic mass is 10.0. The van der Waals surface area contributed by atoms with Gasteiger partial charge in [-0.3, -0.25) is 4.99 Å². The number of likely N-dealkylation sites (tertiary alicyclic amines) is 1. The highest BCUT2D eigenvalue weighted by Gasteiger charge is 2.37. The molecule has 0 radical (unpaired) electrons. The van der Waals surface area contributed by atoms with Crippen LogP contribution >= 0.6 is 24.0 Å². The van der Waals surface area contributed by atoms with Gasteiger partial charge in [-0.2, -0.15) is 0 Å². The van der Waals surface area contributed by atoms with Crippen molar-refractivity contribution in [1.29, 1.82) is 0 Å². The van der Waals surface area contributed by atoms with E-state index in [1.165, 1.54) is 63.6 Å². The Morgan fingerprint density at radius 3 is 2.46 bits per heavy atom. The minimum Gasteiger partial charge on any atom is -0.357 e. The van der Waals surface area contributed by atoms with Crippen LogP contribution in [0.5, 0.6) is 0 Å². The molecular formula is C23H37IN4. The molecule has 2 unspecified atom stereocenters. The Morgan fingerprint density at radius 2 is 1.79 bits per heavy atom. The highest BCUT2D eigenvalue weighted by Crippen LogP contribution is 2.47. The van der Waals surface area contributed by atoms with E-state index >= 15 is 0 Å². The molecule has 3 aliphatic rings. The second-order valence-corrected chi connectivity index (χ2v) is 8.63. The summed E-state index contributed by atoms with van der Waals surface area (Å²) < 4.78 is 0. The Labute approximate surface area is 188 Å². The van der Waals surface area contributed by atoms with Gasteiger partial charge in [0.1, 0.15) is 0 Å². The first-order valence-corrected chi connectivity index (χ1v) is 11.2. The van der Waals surface area contributed by atoms with Gasteiger partial charge in [-0.15, -0.1) is 24.0 Å². The maximum atomic E-state index is 4.92. The Bertz CT molecular complexity index is 606. The summed E-state index contributed by atoms with van der Waals surface area (Å²) in [6, 6.07) is 12.4. The van der Waals surface area contributed by atoms with Crippen molar-refractivity contribution < 1.29 is 0 Å². The molecule has 0 bridgehead atoms. The lowest BCUT2D eigenvalue weighted by Crippen LogP contribution is -2.50. The van der Waals surface area contributed by atoms with Crippen LogP contribution in [0.4, 0.5) is 0 Å². The maximum absolute atomic E-state index is 4.92. The fourth-order valence-electron chi connectivity index (χ4n) is 4.96. The molecule has 4 rings (SSSR count). The normalized spacial score (nSPS) is 26.7. The van der Waals surface area contributed by atoms with Crippen molar-refractivity contribution in [2.45, 2.75) is 69.9 Å². The largest absolute Gasteiger partial charge is 0.357 e. The van der Waals surface area contributed by atoms with E-state index < -0.39 is 0 Å². The number of piperidine rings is 1. The van der Waals surface area contributed by atoms with Gasteiger partial charge < -0.3 is 15.5 Å². The van der Waals surface area contributed by atoms with Crippen LogP contribution in [0.2, 0.25) is 0 Å². The molecule has 0 aromatic heterocycles. The lowest BCUT2D eigenvalue weighted by Gasteiger charge is -2.36. The summed E-state index contributed by atoms with van der Waals surface area (Å²) in [4.78, 5) is 7.66. The van der Waals surface area contributed by atoms with Crippen LogP contribution < -0.4 is 10.6 Å². The van der Waals surface area contributed by atoms with Gasteiger partial charge in [-0.05, 0) is 56.4 Å². The number of rotatable bonds is 6. The molecule has 2 N–H and O–H groups in total. The number of hydrogen-bond donors (Lipinski definition) is 2. The average Bonchev–Trinajstić information content (AvgIpc) is 3.28. The fraction of sp³-hybridized carbons (Fsp3) is 0.696. The van der Waals surface area contributed by atoms with Crippen molar-refractivity contribution in [2.24, 2.45) is 10.9 Å². The maximum Gasteiger partial charge on any atom is 0.191 e. The number of benzene rings is 1. The Morgan fingerprint density at radius 1 is 1.07 bits per heavy atom. The molecular weight excluding hydrogens is 459 g/mol. The molecule has 0 spiro atoms. The SMILES string of the molecule is CCNC(=NCC1CC1c1ccccc1)NC1CCN(C2CCCC2)CC1.I. The molecule has 2 saturated carbocycles. The Balaban J connectivity index is 0.00000225. The molecule has 3 fully saturated rings. The molecule has 1 heterocycles. The molecule has 1 aromatic carbocycles. The third-order valence-electron chi connectivity index (χ3n) is 6.69. The summed E-state index contributed by atoms with van der Waals surface area (Å²) >= 11 is 0. The predicted octanol–water partition coefficient (Wildman–Crippen LogP) is 4.37. The summed E-state index contributed by atoms with van der Waals surface area (Å²) in [5.41, 5.74) is 1.48. The van der Waals surface area contributed by atoms with Crippen molar-refractivity contribution in [3.63, 3.8) is 0 Å². The topological polar surface area (TPSA) is 39.7 Å². The highest BCUT2D eigenvalue weighted by molar-refractivity contribution is 14.0. The molecule has 1 aliphatic heterocycles. The third-order valence-corrected chi connectivity index (χ3v) is 6.69. The summed E-state index contributed by atoms with van der Waals surface area (Å²) in [6.45, 7) is 6.53. The van der Waals surface area contributed by atoms with E-state index in [1.807, 2.05) is 0 Å². The van der Waals surface area contributed by atoms with Gasteiger partial charge in [0, 0.05) is 38.3 Å². The van der Waals surface area contributed by atoms with Crippen LogP contribution in [0.15, 0.2) is 35.3 Å². The number of aliphatic imine (C=N–C) groups is 1. The minimum absolute atomic E-state index is 0. The smallest absolute Gasteiger partial charge is 0.191 e. The monoisotopic (exact) mass is 496 g/mol. The van der Waals surface area contributed by atoms with Crippen LogP contribution in [0, 0.1) is 5.92 Å². The molecule has 2 atom stereocenters. The predicted molar refractivity (Wildman–Crippen MR) is 129 cm³/mol. The van der Waals surface area contributed by atoms with Crippen LogP contribution in [0.3, 0.4) is 0 Å². The van der Waals surface area contributed by atoms with Gasteiger partial charge in [0.2, 0.25) is 0 Å². The quantitative estimate of drug-likeness (QED) is 0.349. The van der Waals surface area contributed by atoms with Gasteiger partial charge in [0.15, 0.2) is 5.96 Å². The van der Waals surface area contributed by atoms with E-state index in [0.29, 0.717) is 17.9 Å². The molecule has 1 aromatic rings. The second-order valence-electron chi connectivity index (χ2n) is 8.63. The van der Waals surface area contributed by atoms with E-state index in [9.17, 15) is 0 Å². The number of nitrogens with zero attached hydrogens (tertiary/aromatic N) is 2. The van der Waals surface area contributed by atoms with Gasteiger partial charge in [-0.25, -0.2) is 0 Å². The van der Waals surface area contributed by atoms with Crippen LogP contribution in [-0.4, -0.2) is 49.1 Å². The first kappa shape index (κ1) is 21.9. The van der Waals surface area contributed by atoms with E-state index in [4.69, 9.17) is 4.99 Å². The lowest BCUT2D eigenvalue weighted by molar-refractivity contribution is 0.150. The molecule has 2 aliphatic carbocycles. The molecule has 4 nitrogen and oxygen atoms in total. The standard InChI is InChI=1S/C23H36N4.HI/c1-2-24-23(25-17-19-16-22(19)18-8-4-3-5-9-18)26-20-12-14-27(15-13-20)21-10-6-7-11-21;/h3-5,8-9,19-22H,2,6-7,10-17H2,1H3,(H2,24,25,26);1H. The van der Waals surface area contributed by atoms with Gasteiger partial charge in [0.05, 0.1) is 0 Å². The summed E-state index contributed by atoms with van der Waals surface area (Å²) in [5.74, 6) is 2.45. The zero-order chi connectivity index (χ0) is 18.5. The molecule has 0 amide bonds. The van der Waals surface area contributed by atoms with Gasteiger partial charge in [-0.1, -0.05) is 43.2 Å². The highest BCUT2D eigenvalue weighted by atomic mass is 127. The first-order chi connectivity index (χ1) is 13.3. The van der Waals surface area contributed by atoms with Crippen LogP contribution in [-0.2, 0) is 0 Å². The molecule has 1 saturated heterocycles. The molecule has 28 heavy (non-hydrogen) atoms. The number of nitrogens with one attached hydrogen (secondary N) is 2. The summed E-state index contributed by atoms with van der Waals surface area (Å²) in [6.07, 6.45) is 9.50. The van der Waals surface area contributed by atoms with Crippen LogP contribution in [0.1, 0.15) is 63.4 Å². The zero-order valence-corrected chi connectivity index (χ0v) is 19.6. The van der Waals surface area contributed by atoms with Gasteiger partial charge in [0.25, 0.3) is 0 Å². The minimum atomic E-state index is 0. The first-order valence-electron chi connectivity index (χ1n) is 11.2. The average molecular weight is 496 g/mol. The number of halogens is 1. The summed E-state index contributed by atoms with van der Waals surface area (Å²) in [5, 5.41) is 7.18. The van der Waals surface area contributed by atoms with E-state index in [2.05, 4.69) is 52.8 Å². The van der Waals surface area contributed by atoms with Crippen molar-refractivity contribution in [2.75, 3.05) is 26.2 Å². The second kappa shape index (κ2) is 10.8. The number of guanidine groups is 1. The zero-order valence-electron chi connectivity index (χ0n) is 17.3. The fourth-order valence-corrected chi connectivity index (χ4v) is 4.96. The Hall–Kier alpha value is -0.820. The van der Waals surface area contributed by atoms with Crippen molar-refractivity contribution in [3.05, 3.63) is 35.9 Å². The van der Waals surface area contributed by atoms with Crippen molar-refractivity contribution in [1.82, 2.24) is 15.5 Å². The van der Waals surface area contributed by atoms with E-state index in [-0.39, 0.29) is 24.0 Å². The van der Waals surface area contributed by atoms with Crippen LogP contribution in [0.25, 0.3) is 0 Å². The van der Waals surface area contributed by atoms with Crippen molar-refractivity contribution >= 4 is 29.9 Å². The summed E-state index contributed by atoms with van der Waals surface area (Å²) in [7, 11) is 0.